The molecule has 1 atom stereocenters. The maximum Gasteiger partial charge on any atom is 0.233 e. The number of thioether (sulfide) groups is 1. The molecule has 3 rings (SSSR count). The Bertz CT molecular complexity index is 589. The van der Waals surface area contributed by atoms with Gasteiger partial charge in [-0.25, -0.2) is 0 Å². The van der Waals surface area contributed by atoms with Crippen LogP contribution in [0.2, 0.25) is 0 Å². The van der Waals surface area contributed by atoms with Crippen LogP contribution in [0.3, 0.4) is 0 Å². The molecule has 3 heterocycles. The molecule has 2 saturated heterocycles. The molecule has 24 heavy (non-hydrogen) atoms. The van der Waals surface area contributed by atoms with Gasteiger partial charge in [-0.05, 0) is 19.8 Å². The van der Waals surface area contributed by atoms with Gasteiger partial charge in [0.25, 0.3) is 0 Å². The Labute approximate surface area is 149 Å². The van der Waals surface area contributed by atoms with Gasteiger partial charge in [-0.15, -0.1) is 10.2 Å². The minimum atomic E-state index is -0.0745. The monoisotopic (exact) mass is 370 g/mol. The van der Waals surface area contributed by atoms with Crippen molar-refractivity contribution in [2.75, 3.05) is 45.1 Å². The summed E-state index contributed by atoms with van der Waals surface area (Å²) in [5, 5.41) is 8.88. The average Bonchev–Trinajstić information content (AvgIpc) is 3.05. The summed E-state index contributed by atoms with van der Waals surface area (Å²) < 4.78 is 6.12. The second kappa shape index (κ2) is 8.26. The molecule has 0 N–H and O–H groups in total. The van der Waals surface area contributed by atoms with Gasteiger partial charge >= 0.3 is 0 Å². The van der Waals surface area contributed by atoms with E-state index in [1.807, 2.05) is 16.7 Å². The number of hydrogen-bond acceptors (Lipinski definition) is 7. The van der Waals surface area contributed by atoms with Crippen molar-refractivity contribution in [2.24, 2.45) is 5.92 Å². The number of carbonyl (C=O) groups excluding carboxylic acids is 2. The van der Waals surface area contributed by atoms with Gasteiger partial charge in [0.1, 0.15) is 5.01 Å². The summed E-state index contributed by atoms with van der Waals surface area (Å²) in [7, 11) is 0. The summed E-state index contributed by atoms with van der Waals surface area (Å²) in [6.45, 7) is 5.71. The van der Waals surface area contributed by atoms with Gasteiger partial charge < -0.3 is 14.5 Å². The lowest BCUT2D eigenvalue weighted by atomic mass is 9.96. The van der Waals surface area contributed by atoms with Crippen LogP contribution in [0, 0.1) is 12.8 Å². The van der Waals surface area contributed by atoms with E-state index < -0.39 is 0 Å². The molecule has 132 valence electrons. The maximum atomic E-state index is 12.6. The Balaban J connectivity index is 1.50. The Morgan fingerprint density at radius 3 is 2.75 bits per heavy atom. The first-order valence-corrected chi connectivity index (χ1v) is 10.0. The maximum absolute atomic E-state index is 12.6. The highest BCUT2D eigenvalue weighted by Gasteiger charge is 2.31. The standard InChI is InChI=1S/C15H22N4O3S2/c1-11-16-17-15(24-11)23-10-13(20)19-4-2-3-12(9-19)14(21)18-5-7-22-8-6-18/h12H,2-10H2,1H3/t12-/m1/s1. The molecule has 1 aromatic rings. The van der Waals surface area contributed by atoms with E-state index in [-0.39, 0.29) is 17.7 Å². The predicted molar refractivity (Wildman–Crippen MR) is 92.1 cm³/mol. The Morgan fingerprint density at radius 2 is 2.04 bits per heavy atom. The molecule has 0 radical (unpaired) electrons. The third kappa shape index (κ3) is 4.46. The fraction of sp³-hybridized carbons (Fsp3) is 0.733. The number of amides is 2. The first kappa shape index (κ1) is 17.6. The second-order valence-electron chi connectivity index (χ2n) is 5.99. The van der Waals surface area contributed by atoms with Gasteiger partial charge in [0.15, 0.2) is 4.34 Å². The van der Waals surface area contributed by atoms with Gasteiger partial charge in [0.2, 0.25) is 11.8 Å². The van der Waals surface area contributed by atoms with Crippen molar-refractivity contribution in [1.82, 2.24) is 20.0 Å². The summed E-state index contributed by atoms with van der Waals surface area (Å²) in [6.07, 6.45) is 1.75. The molecule has 7 nitrogen and oxygen atoms in total. The van der Waals surface area contributed by atoms with E-state index in [9.17, 15) is 9.59 Å². The first-order valence-electron chi connectivity index (χ1n) is 8.20. The Kier molecular flexibility index (Phi) is 6.07. The van der Waals surface area contributed by atoms with Crippen LogP contribution in [0.15, 0.2) is 4.34 Å². The van der Waals surface area contributed by atoms with Crippen molar-refractivity contribution in [3.8, 4) is 0 Å². The van der Waals surface area contributed by atoms with Crippen molar-refractivity contribution >= 4 is 34.9 Å². The summed E-state index contributed by atoms with van der Waals surface area (Å²) >= 11 is 2.92. The van der Waals surface area contributed by atoms with E-state index in [1.165, 1.54) is 23.1 Å². The van der Waals surface area contributed by atoms with Crippen LogP contribution >= 0.6 is 23.1 Å². The third-order valence-electron chi connectivity index (χ3n) is 4.27. The number of carbonyl (C=O) groups is 2. The third-order valence-corrected chi connectivity index (χ3v) is 6.23. The number of piperidine rings is 1. The highest BCUT2D eigenvalue weighted by atomic mass is 32.2. The fourth-order valence-electron chi connectivity index (χ4n) is 3.00. The van der Waals surface area contributed by atoms with Crippen LogP contribution in [-0.4, -0.2) is 77.0 Å². The van der Waals surface area contributed by atoms with Crippen LogP contribution in [0.25, 0.3) is 0 Å². The zero-order valence-corrected chi connectivity index (χ0v) is 15.4. The fourth-order valence-corrected chi connectivity index (χ4v) is 4.72. The van der Waals surface area contributed by atoms with Crippen molar-refractivity contribution < 1.29 is 14.3 Å². The summed E-state index contributed by atoms with van der Waals surface area (Å²) in [6, 6.07) is 0. The molecular formula is C15H22N4O3S2. The van der Waals surface area contributed by atoms with Crippen molar-refractivity contribution in [2.45, 2.75) is 24.1 Å². The quantitative estimate of drug-likeness (QED) is 0.737. The second-order valence-corrected chi connectivity index (χ2v) is 8.40. The number of nitrogens with zero attached hydrogens (tertiary/aromatic N) is 4. The van der Waals surface area contributed by atoms with E-state index in [4.69, 9.17) is 4.74 Å². The molecule has 1 aromatic heterocycles. The first-order chi connectivity index (χ1) is 11.6. The van der Waals surface area contributed by atoms with Crippen LogP contribution in [0.5, 0.6) is 0 Å². The number of hydrogen-bond donors (Lipinski definition) is 0. The molecular weight excluding hydrogens is 348 g/mol. The minimum absolute atomic E-state index is 0.0745. The van der Waals surface area contributed by atoms with Crippen LogP contribution < -0.4 is 0 Å². The molecule has 0 aromatic carbocycles. The summed E-state index contributed by atoms with van der Waals surface area (Å²) in [5.74, 6) is 0.526. The van der Waals surface area contributed by atoms with Gasteiger partial charge in [0, 0.05) is 26.2 Å². The number of rotatable bonds is 4. The Hall–Kier alpha value is -1.19. The molecule has 0 unspecified atom stereocenters. The predicted octanol–water partition coefficient (Wildman–Crippen LogP) is 1.04. The van der Waals surface area contributed by atoms with Gasteiger partial charge in [-0.2, -0.15) is 0 Å². The van der Waals surface area contributed by atoms with Gasteiger partial charge in [-0.3, -0.25) is 9.59 Å². The number of aromatic nitrogens is 2. The highest BCUT2D eigenvalue weighted by molar-refractivity contribution is 8.01. The number of aryl methyl sites for hydroxylation is 1. The van der Waals surface area contributed by atoms with Crippen molar-refractivity contribution in [3.63, 3.8) is 0 Å². The molecule has 0 bridgehead atoms. The smallest absolute Gasteiger partial charge is 0.233 e. The van der Waals surface area contributed by atoms with Crippen LogP contribution in [-0.2, 0) is 14.3 Å². The van der Waals surface area contributed by atoms with Crippen molar-refractivity contribution in [1.29, 1.82) is 0 Å². The zero-order chi connectivity index (χ0) is 16.9. The number of likely N-dealkylation sites (tertiary alicyclic amines) is 1. The van der Waals surface area contributed by atoms with Crippen LogP contribution in [0.1, 0.15) is 17.8 Å². The Morgan fingerprint density at radius 1 is 1.25 bits per heavy atom. The molecule has 2 amide bonds. The van der Waals surface area contributed by atoms with Gasteiger partial charge in [-0.1, -0.05) is 23.1 Å². The lowest BCUT2D eigenvalue weighted by molar-refractivity contribution is -0.143. The number of morpholine rings is 1. The molecule has 9 heteroatoms. The number of ether oxygens (including phenoxy) is 1. The zero-order valence-electron chi connectivity index (χ0n) is 13.8. The van der Waals surface area contributed by atoms with E-state index in [0.29, 0.717) is 38.6 Å². The molecule has 0 aliphatic carbocycles. The van der Waals surface area contributed by atoms with Gasteiger partial charge in [0.05, 0.1) is 24.9 Å². The molecule has 2 fully saturated rings. The molecule has 2 aliphatic rings. The molecule has 0 saturated carbocycles. The lowest BCUT2D eigenvalue weighted by Gasteiger charge is -2.36. The van der Waals surface area contributed by atoms with E-state index in [0.717, 1.165) is 28.7 Å². The molecule has 2 aliphatic heterocycles. The molecule has 0 spiro atoms. The summed E-state index contributed by atoms with van der Waals surface area (Å²) in [4.78, 5) is 28.8. The SMILES string of the molecule is Cc1nnc(SCC(=O)N2CCC[C@@H](C(=O)N3CCOCC3)C2)s1. The average molecular weight is 371 g/mol. The topological polar surface area (TPSA) is 75.6 Å². The van der Waals surface area contributed by atoms with Crippen molar-refractivity contribution in [3.05, 3.63) is 5.01 Å². The van der Waals surface area contributed by atoms with Crippen LogP contribution in [0.4, 0.5) is 0 Å². The lowest BCUT2D eigenvalue weighted by Crippen LogP contribution is -2.49. The normalized spacial score (nSPS) is 21.8. The minimum Gasteiger partial charge on any atom is -0.378 e. The summed E-state index contributed by atoms with van der Waals surface area (Å²) in [5.41, 5.74) is 0. The highest BCUT2D eigenvalue weighted by Crippen LogP contribution is 2.24. The largest absolute Gasteiger partial charge is 0.378 e. The van der Waals surface area contributed by atoms with E-state index in [1.54, 1.807) is 0 Å². The van der Waals surface area contributed by atoms with E-state index >= 15 is 0 Å². The van der Waals surface area contributed by atoms with E-state index in [2.05, 4.69) is 10.2 Å².